The van der Waals surface area contributed by atoms with E-state index in [4.69, 9.17) is 0 Å². The summed E-state index contributed by atoms with van der Waals surface area (Å²) in [6.45, 7) is 9.65. The smallest absolute Gasteiger partial charge is 0.255 e. The third kappa shape index (κ3) is 3.60. The Morgan fingerprint density at radius 3 is 2.64 bits per heavy atom. The van der Waals surface area contributed by atoms with Crippen LogP contribution in [-0.2, 0) is 11.3 Å². The van der Waals surface area contributed by atoms with Crippen molar-refractivity contribution in [2.45, 2.75) is 71.9 Å². The Bertz CT molecular complexity index is 650. The standard InChI is InChI=1S/C20H31N3O2/c1-4-22-15(2)14-18(16(22)3)20(25)23-12-6-5-8-17(23)10-13-21-11-7-9-19(21)24/h14,17H,4-13H2,1-3H3/t17-/m0/s1. The molecule has 1 aromatic heterocycles. The normalized spacial score (nSPS) is 21.2. The summed E-state index contributed by atoms with van der Waals surface area (Å²) in [4.78, 5) is 29.1. The number of aryl methyl sites for hydroxylation is 1. The molecular weight excluding hydrogens is 314 g/mol. The maximum absolute atomic E-state index is 13.2. The number of carbonyl (C=O) groups excluding carboxylic acids is 2. The number of piperidine rings is 1. The summed E-state index contributed by atoms with van der Waals surface area (Å²) in [5.74, 6) is 0.449. The number of hydrogen-bond donors (Lipinski definition) is 0. The van der Waals surface area contributed by atoms with E-state index in [2.05, 4.69) is 23.3 Å². The number of likely N-dealkylation sites (tertiary alicyclic amines) is 2. The van der Waals surface area contributed by atoms with Gasteiger partial charge < -0.3 is 14.4 Å². The minimum absolute atomic E-state index is 0.172. The van der Waals surface area contributed by atoms with Gasteiger partial charge in [0.2, 0.25) is 5.91 Å². The Morgan fingerprint density at radius 1 is 1.20 bits per heavy atom. The molecular formula is C20H31N3O2. The SMILES string of the molecule is CCn1c(C)cc(C(=O)N2CCCC[C@H]2CCN2CCCC2=O)c1C. The van der Waals surface area contributed by atoms with Crippen LogP contribution in [0.25, 0.3) is 0 Å². The Balaban J connectivity index is 1.71. The molecule has 3 rings (SSSR count). The Kier molecular flexibility index (Phi) is 5.50. The van der Waals surface area contributed by atoms with Crippen LogP contribution in [0.1, 0.15) is 67.2 Å². The van der Waals surface area contributed by atoms with Crippen molar-refractivity contribution < 1.29 is 9.59 Å². The monoisotopic (exact) mass is 345 g/mol. The maximum Gasteiger partial charge on any atom is 0.255 e. The maximum atomic E-state index is 13.2. The van der Waals surface area contributed by atoms with Crippen LogP contribution in [0.15, 0.2) is 6.07 Å². The third-order valence-electron chi connectivity index (χ3n) is 5.91. The first-order valence-corrected chi connectivity index (χ1v) is 9.78. The first-order chi connectivity index (χ1) is 12.0. The van der Waals surface area contributed by atoms with E-state index in [0.29, 0.717) is 6.42 Å². The van der Waals surface area contributed by atoms with E-state index >= 15 is 0 Å². The summed E-state index contributed by atoms with van der Waals surface area (Å²) in [7, 11) is 0. The topological polar surface area (TPSA) is 45.6 Å². The summed E-state index contributed by atoms with van der Waals surface area (Å²) >= 11 is 0. The second-order valence-electron chi connectivity index (χ2n) is 7.45. The minimum Gasteiger partial charge on any atom is -0.349 e. The van der Waals surface area contributed by atoms with Gasteiger partial charge in [0, 0.05) is 50.0 Å². The van der Waals surface area contributed by atoms with E-state index in [1.165, 1.54) is 6.42 Å². The highest BCUT2D eigenvalue weighted by Gasteiger charge is 2.30. The summed E-state index contributed by atoms with van der Waals surface area (Å²) < 4.78 is 2.20. The summed E-state index contributed by atoms with van der Waals surface area (Å²) in [5, 5.41) is 0. The zero-order chi connectivity index (χ0) is 18.0. The molecule has 0 aliphatic carbocycles. The number of aromatic nitrogens is 1. The van der Waals surface area contributed by atoms with Crippen LogP contribution < -0.4 is 0 Å². The fourth-order valence-corrected chi connectivity index (χ4v) is 4.47. The fraction of sp³-hybridized carbons (Fsp3) is 0.700. The van der Waals surface area contributed by atoms with Gasteiger partial charge in [0.25, 0.3) is 5.91 Å². The van der Waals surface area contributed by atoms with Crippen LogP contribution >= 0.6 is 0 Å². The van der Waals surface area contributed by atoms with E-state index in [0.717, 1.165) is 68.8 Å². The van der Waals surface area contributed by atoms with Crippen molar-refractivity contribution in [2.75, 3.05) is 19.6 Å². The molecule has 2 saturated heterocycles. The molecule has 138 valence electrons. The molecule has 1 atom stereocenters. The van der Waals surface area contributed by atoms with Crippen LogP contribution in [0.5, 0.6) is 0 Å². The van der Waals surface area contributed by atoms with Crippen molar-refractivity contribution in [1.82, 2.24) is 14.4 Å². The molecule has 2 aliphatic rings. The lowest BCUT2D eigenvalue weighted by Gasteiger charge is -2.36. The number of nitrogens with zero attached hydrogens (tertiary/aromatic N) is 3. The van der Waals surface area contributed by atoms with Crippen LogP contribution in [0, 0.1) is 13.8 Å². The van der Waals surface area contributed by atoms with Gasteiger partial charge in [-0.05, 0) is 58.9 Å². The van der Waals surface area contributed by atoms with E-state index in [-0.39, 0.29) is 17.9 Å². The van der Waals surface area contributed by atoms with Gasteiger partial charge in [-0.1, -0.05) is 0 Å². The van der Waals surface area contributed by atoms with E-state index in [1.54, 1.807) is 0 Å². The van der Waals surface area contributed by atoms with Gasteiger partial charge in [0.1, 0.15) is 0 Å². The van der Waals surface area contributed by atoms with Crippen molar-refractivity contribution >= 4 is 11.8 Å². The molecule has 2 amide bonds. The van der Waals surface area contributed by atoms with Crippen molar-refractivity contribution in [3.05, 3.63) is 23.0 Å². The quantitative estimate of drug-likeness (QED) is 0.823. The summed E-state index contributed by atoms with van der Waals surface area (Å²) in [5.41, 5.74) is 3.08. The summed E-state index contributed by atoms with van der Waals surface area (Å²) in [6, 6.07) is 2.30. The predicted octanol–water partition coefficient (Wildman–Crippen LogP) is 3.13. The van der Waals surface area contributed by atoms with Crippen LogP contribution in [-0.4, -0.2) is 51.9 Å². The fourth-order valence-electron chi connectivity index (χ4n) is 4.47. The molecule has 2 fully saturated rings. The average Bonchev–Trinajstić information content (AvgIpc) is 3.15. The molecule has 0 unspecified atom stereocenters. The van der Waals surface area contributed by atoms with Crippen LogP contribution in [0.3, 0.4) is 0 Å². The highest BCUT2D eigenvalue weighted by molar-refractivity contribution is 5.96. The van der Waals surface area contributed by atoms with Crippen molar-refractivity contribution in [2.24, 2.45) is 0 Å². The molecule has 1 aromatic rings. The van der Waals surface area contributed by atoms with E-state index in [1.807, 2.05) is 17.9 Å². The molecule has 5 heteroatoms. The molecule has 0 N–H and O–H groups in total. The zero-order valence-corrected chi connectivity index (χ0v) is 15.9. The van der Waals surface area contributed by atoms with Crippen molar-refractivity contribution in [3.8, 4) is 0 Å². The molecule has 0 spiro atoms. The minimum atomic E-state index is 0.172. The van der Waals surface area contributed by atoms with Gasteiger partial charge in [-0.2, -0.15) is 0 Å². The Morgan fingerprint density at radius 2 is 2.00 bits per heavy atom. The van der Waals surface area contributed by atoms with Gasteiger partial charge in [-0.3, -0.25) is 9.59 Å². The highest BCUT2D eigenvalue weighted by Crippen LogP contribution is 2.25. The van der Waals surface area contributed by atoms with Gasteiger partial charge in [-0.25, -0.2) is 0 Å². The number of hydrogen-bond acceptors (Lipinski definition) is 2. The summed E-state index contributed by atoms with van der Waals surface area (Å²) in [6.07, 6.45) is 5.89. The highest BCUT2D eigenvalue weighted by atomic mass is 16.2. The number of carbonyl (C=O) groups is 2. The Hall–Kier alpha value is -1.78. The third-order valence-corrected chi connectivity index (χ3v) is 5.91. The molecule has 3 heterocycles. The van der Waals surface area contributed by atoms with E-state index in [9.17, 15) is 9.59 Å². The van der Waals surface area contributed by atoms with Gasteiger partial charge >= 0.3 is 0 Å². The van der Waals surface area contributed by atoms with E-state index < -0.39 is 0 Å². The zero-order valence-electron chi connectivity index (χ0n) is 15.9. The molecule has 0 saturated carbocycles. The van der Waals surface area contributed by atoms with Crippen molar-refractivity contribution in [1.29, 1.82) is 0 Å². The molecule has 0 bridgehead atoms. The molecule has 0 aromatic carbocycles. The number of amides is 2. The molecule has 5 nitrogen and oxygen atoms in total. The van der Waals surface area contributed by atoms with Gasteiger partial charge in [0.15, 0.2) is 0 Å². The first kappa shape index (κ1) is 18.0. The second kappa shape index (κ2) is 7.63. The largest absolute Gasteiger partial charge is 0.349 e. The van der Waals surface area contributed by atoms with Crippen LogP contribution in [0.4, 0.5) is 0 Å². The molecule has 0 radical (unpaired) electrons. The second-order valence-corrected chi connectivity index (χ2v) is 7.45. The first-order valence-electron chi connectivity index (χ1n) is 9.78. The lowest BCUT2D eigenvalue weighted by Crippen LogP contribution is -2.45. The lowest BCUT2D eigenvalue weighted by atomic mass is 9.98. The molecule has 25 heavy (non-hydrogen) atoms. The lowest BCUT2D eigenvalue weighted by molar-refractivity contribution is -0.127. The Labute approximate surface area is 151 Å². The molecule has 2 aliphatic heterocycles. The predicted molar refractivity (Wildman–Crippen MR) is 98.7 cm³/mol. The van der Waals surface area contributed by atoms with Gasteiger partial charge in [-0.15, -0.1) is 0 Å². The number of rotatable bonds is 5. The van der Waals surface area contributed by atoms with Crippen LogP contribution in [0.2, 0.25) is 0 Å². The van der Waals surface area contributed by atoms with Crippen molar-refractivity contribution in [3.63, 3.8) is 0 Å². The van der Waals surface area contributed by atoms with Gasteiger partial charge in [0.05, 0.1) is 5.56 Å². The average molecular weight is 345 g/mol.